The molecule has 0 N–H and O–H groups in total. The first-order valence-corrected chi connectivity index (χ1v) is 17.7. The smallest absolute Gasteiger partial charge is 0.160 e. The van der Waals surface area contributed by atoms with Crippen molar-refractivity contribution in [1.82, 2.24) is 14.5 Å². The summed E-state index contributed by atoms with van der Waals surface area (Å²) in [4.78, 5) is 10.3. The quantitative estimate of drug-likeness (QED) is 0.185. The van der Waals surface area contributed by atoms with Gasteiger partial charge in [-0.1, -0.05) is 146 Å². The Kier molecular flexibility index (Phi) is 6.68. The number of aromatic nitrogens is 3. The summed E-state index contributed by atoms with van der Waals surface area (Å²) < 4.78 is 4.72. The molecule has 0 spiro atoms. The van der Waals surface area contributed by atoms with Crippen molar-refractivity contribution in [1.29, 1.82) is 0 Å². The van der Waals surface area contributed by atoms with Crippen molar-refractivity contribution in [2.45, 2.75) is 0 Å². The molecule has 0 saturated heterocycles. The van der Waals surface area contributed by atoms with Gasteiger partial charge in [-0.05, 0) is 47.0 Å². The number of para-hydroxylation sites is 3. The Balaban J connectivity index is 1.14. The van der Waals surface area contributed by atoms with Crippen LogP contribution in [0.25, 0.3) is 92.7 Å². The Morgan fingerprint density at radius 3 is 1.90 bits per heavy atom. The van der Waals surface area contributed by atoms with Crippen LogP contribution in [0.1, 0.15) is 0 Å². The van der Waals surface area contributed by atoms with Gasteiger partial charge in [0.05, 0.1) is 26.9 Å². The second kappa shape index (κ2) is 11.7. The summed E-state index contributed by atoms with van der Waals surface area (Å²) in [5.41, 5.74) is 12.4. The highest BCUT2D eigenvalue weighted by molar-refractivity contribution is 7.26. The molecule has 7 aromatic carbocycles. The van der Waals surface area contributed by atoms with Gasteiger partial charge in [-0.3, -0.25) is 0 Å². The molecule has 3 heterocycles. The van der Waals surface area contributed by atoms with E-state index in [2.05, 4.69) is 156 Å². The van der Waals surface area contributed by atoms with Crippen molar-refractivity contribution in [2.75, 3.05) is 0 Å². The molecule has 10 rings (SSSR count). The topological polar surface area (TPSA) is 30.7 Å². The van der Waals surface area contributed by atoms with E-state index >= 15 is 0 Å². The molecule has 10 aromatic rings. The molecule has 50 heavy (non-hydrogen) atoms. The second-order valence-corrected chi connectivity index (χ2v) is 13.6. The fraction of sp³-hybridized carbons (Fsp3) is 0. The molecule has 0 unspecified atom stereocenters. The molecule has 3 aromatic heterocycles. The first-order valence-electron chi connectivity index (χ1n) is 16.8. The first kappa shape index (κ1) is 28.6. The summed E-state index contributed by atoms with van der Waals surface area (Å²) in [6.07, 6.45) is 0. The summed E-state index contributed by atoms with van der Waals surface area (Å²) >= 11 is 1.77. The fourth-order valence-electron chi connectivity index (χ4n) is 7.29. The van der Waals surface area contributed by atoms with Gasteiger partial charge in [-0.25, -0.2) is 9.97 Å². The van der Waals surface area contributed by atoms with Crippen LogP contribution >= 0.6 is 11.3 Å². The van der Waals surface area contributed by atoms with Crippen molar-refractivity contribution in [3.8, 4) is 50.6 Å². The highest BCUT2D eigenvalue weighted by Gasteiger charge is 2.19. The predicted octanol–water partition coefficient (Wildman–Crippen LogP) is 12.6. The van der Waals surface area contributed by atoms with Crippen LogP contribution in [0, 0.1) is 0 Å². The van der Waals surface area contributed by atoms with Gasteiger partial charge in [-0.15, -0.1) is 11.3 Å². The van der Waals surface area contributed by atoms with Crippen LogP contribution in [-0.2, 0) is 0 Å². The van der Waals surface area contributed by atoms with E-state index in [9.17, 15) is 0 Å². The normalized spacial score (nSPS) is 11.6. The molecule has 0 saturated carbocycles. The minimum Gasteiger partial charge on any atom is -0.309 e. The van der Waals surface area contributed by atoms with Crippen LogP contribution in [0.4, 0.5) is 0 Å². The number of hydrogen-bond acceptors (Lipinski definition) is 3. The average molecular weight is 656 g/mol. The molecule has 0 bridgehead atoms. The Bertz CT molecular complexity index is 2850. The molecular formula is C46H29N3S. The minimum absolute atomic E-state index is 0.746. The van der Waals surface area contributed by atoms with Crippen molar-refractivity contribution in [3.05, 3.63) is 176 Å². The van der Waals surface area contributed by atoms with Gasteiger partial charge < -0.3 is 4.57 Å². The maximum Gasteiger partial charge on any atom is 0.160 e. The molecule has 0 atom stereocenters. The number of hydrogen-bond donors (Lipinski definition) is 0. The van der Waals surface area contributed by atoms with Crippen LogP contribution in [-0.4, -0.2) is 14.5 Å². The van der Waals surface area contributed by atoms with Gasteiger partial charge >= 0.3 is 0 Å². The van der Waals surface area contributed by atoms with Crippen LogP contribution < -0.4 is 0 Å². The fourth-order valence-corrected chi connectivity index (χ4v) is 8.49. The van der Waals surface area contributed by atoms with E-state index in [1.54, 1.807) is 11.3 Å². The summed E-state index contributed by atoms with van der Waals surface area (Å²) in [6.45, 7) is 0. The molecular weight excluding hydrogens is 627 g/mol. The largest absolute Gasteiger partial charge is 0.309 e. The molecule has 0 aliphatic carbocycles. The average Bonchev–Trinajstić information content (AvgIpc) is 3.74. The number of fused-ring (bicyclic) bond motifs is 6. The molecule has 234 valence electrons. The molecule has 0 amide bonds. The van der Waals surface area contributed by atoms with Crippen LogP contribution in [0.5, 0.6) is 0 Å². The maximum absolute atomic E-state index is 5.15. The second-order valence-electron chi connectivity index (χ2n) is 12.6. The number of thiophene rings is 1. The first-order chi connectivity index (χ1) is 24.8. The highest BCUT2D eigenvalue weighted by atomic mass is 32.1. The lowest BCUT2D eigenvalue weighted by Crippen LogP contribution is -1.95. The van der Waals surface area contributed by atoms with Gasteiger partial charge in [0, 0.05) is 43.2 Å². The van der Waals surface area contributed by atoms with E-state index in [0.717, 1.165) is 43.9 Å². The zero-order valence-corrected chi connectivity index (χ0v) is 27.8. The molecule has 0 fully saturated rings. The van der Waals surface area contributed by atoms with Gasteiger partial charge in [0.1, 0.15) is 0 Å². The Labute approximate surface area is 293 Å². The van der Waals surface area contributed by atoms with Crippen molar-refractivity contribution in [2.24, 2.45) is 0 Å². The molecule has 4 heteroatoms. The lowest BCUT2D eigenvalue weighted by Gasteiger charge is -2.12. The van der Waals surface area contributed by atoms with Gasteiger partial charge in [0.2, 0.25) is 0 Å². The van der Waals surface area contributed by atoms with Gasteiger partial charge in [0.15, 0.2) is 5.82 Å². The number of nitrogens with zero attached hydrogens (tertiary/aromatic N) is 3. The summed E-state index contributed by atoms with van der Waals surface area (Å²) in [5.74, 6) is 0.746. The van der Waals surface area contributed by atoms with E-state index in [1.807, 2.05) is 24.3 Å². The Morgan fingerprint density at radius 2 is 1.08 bits per heavy atom. The third-order valence-corrected chi connectivity index (χ3v) is 10.8. The van der Waals surface area contributed by atoms with E-state index in [-0.39, 0.29) is 0 Å². The highest BCUT2D eigenvalue weighted by Crippen LogP contribution is 2.42. The van der Waals surface area contributed by atoms with Crippen molar-refractivity contribution in [3.63, 3.8) is 0 Å². The summed E-state index contributed by atoms with van der Waals surface area (Å²) in [7, 11) is 0. The monoisotopic (exact) mass is 655 g/mol. The van der Waals surface area contributed by atoms with Crippen LogP contribution in [0.2, 0.25) is 0 Å². The van der Waals surface area contributed by atoms with Crippen LogP contribution in [0.15, 0.2) is 176 Å². The van der Waals surface area contributed by atoms with E-state index < -0.39 is 0 Å². The standard InChI is InChI=1S/C46H29N3S/c1-4-14-30(15-5-1)42-45-43(48-46(47-42)31-16-6-2-7-17-31)39-27-26-33(29-41(39)50-45)32-18-12-19-34(28-32)36-23-13-24-38-37-22-10-11-25-40(37)49(44(36)38)35-20-8-3-9-21-35/h1-29H. The molecule has 0 aliphatic heterocycles. The van der Waals surface area contributed by atoms with Crippen molar-refractivity contribution < 1.29 is 0 Å². The third kappa shape index (κ3) is 4.65. The van der Waals surface area contributed by atoms with Crippen molar-refractivity contribution >= 4 is 53.4 Å². The summed E-state index contributed by atoms with van der Waals surface area (Å²) in [5, 5.41) is 3.66. The summed E-state index contributed by atoms with van der Waals surface area (Å²) in [6, 6.07) is 62.6. The SMILES string of the molecule is c1ccc(-c2nc(-c3ccccc3)c3sc4cc(-c5cccc(-c6cccc7c8ccccc8n(-c8ccccc8)c67)c5)ccc4c3n2)cc1. The Hall–Kier alpha value is -6.36. The van der Waals surface area contributed by atoms with E-state index in [0.29, 0.717) is 0 Å². The minimum atomic E-state index is 0.746. The van der Waals surface area contributed by atoms with Crippen LogP contribution in [0.3, 0.4) is 0 Å². The maximum atomic E-state index is 5.15. The molecule has 3 nitrogen and oxygen atoms in total. The number of benzene rings is 7. The predicted molar refractivity (Wildman–Crippen MR) is 211 cm³/mol. The van der Waals surface area contributed by atoms with Gasteiger partial charge in [-0.2, -0.15) is 0 Å². The van der Waals surface area contributed by atoms with E-state index in [1.165, 1.54) is 48.8 Å². The Morgan fingerprint density at radius 1 is 0.440 bits per heavy atom. The van der Waals surface area contributed by atoms with E-state index in [4.69, 9.17) is 9.97 Å². The van der Waals surface area contributed by atoms with Gasteiger partial charge in [0.25, 0.3) is 0 Å². The molecule has 0 aliphatic rings. The zero-order valence-electron chi connectivity index (χ0n) is 27.0. The lowest BCUT2D eigenvalue weighted by molar-refractivity contribution is 1.18. The molecule has 0 radical (unpaired) electrons. The zero-order chi connectivity index (χ0) is 33.0. The number of rotatable bonds is 5. The lowest BCUT2D eigenvalue weighted by atomic mass is 9.97. The third-order valence-electron chi connectivity index (χ3n) is 9.61.